The highest BCUT2D eigenvalue weighted by atomic mass is 19.4. The van der Waals surface area contributed by atoms with Gasteiger partial charge in [0.2, 0.25) is 0 Å². The van der Waals surface area contributed by atoms with E-state index in [9.17, 15) is 116 Å². The van der Waals surface area contributed by atoms with Gasteiger partial charge in [-0.1, -0.05) is 0 Å². The maximum atomic E-state index is 13.6. The molecule has 0 heterocycles. The third kappa shape index (κ3) is 8.36. The van der Waals surface area contributed by atoms with Crippen LogP contribution >= 0.6 is 0 Å². The summed E-state index contributed by atoms with van der Waals surface area (Å²) >= 11 is 0. The summed E-state index contributed by atoms with van der Waals surface area (Å²) in [6.07, 6.45) is -21.0. The van der Waals surface area contributed by atoms with Gasteiger partial charge in [0.05, 0.1) is 26.1 Å². The van der Waals surface area contributed by atoms with Crippen LogP contribution in [0, 0.1) is 0 Å². The molecule has 280 valence electrons. The van der Waals surface area contributed by atoms with Crippen molar-refractivity contribution in [3.05, 3.63) is 12.2 Å². The van der Waals surface area contributed by atoms with Crippen LogP contribution in [0.2, 0.25) is 0 Å². The van der Waals surface area contributed by atoms with Crippen molar-refractivity contribution < 1.29 is 125 Å². The summed E-state index contributed by atoms with van der Waals surface area (Å²) in [5, 5.41) is 0. The molecule has 0 aliphatic heterocycles. The first-order valence-electron chi connectivity index (χ1n) is 11.1. The smallest absolute Gasteiger partial charge is 0.460 e. The Morgan fingerprint density at radius 1 is 0.396 bits per heavy atom. The molecule has 0 unspecified atom stereocenters. The van der Waals surface area contributed by atoms with E-state index in [4.69, 9.17) is 0 Å². The molecule has 0 saturated heterocycles. The zero-order valence-corrected chi connectivity index (χ0v) is 21.7. The van der Waals surface area contributed by atoms with Crippen molar-refractivity contribution in [1.29, 1.82) is 0 Å². The number of Topliss-reactive ketones (excluding diaryl/α,β-unsaturated/α-hetero) is 2. The normalized spacial score (nSPS) is 15.0. The lowest BCUT2D eigenvalue weighted by molar-refractivity contribution is -0.349. The van der Waals surface area contributed by atoms with E-state index in [1.807, 2.05) is 0 Å². The van der Waals surface area contributed by atoms with E-state index in [0.717, 1.165) is 0 Å². The summed E-state index contributed by atoms with van der Waals surface area (Å²) in [7, 11) is 0. The first kappa shape index (κ1) is 44.5. The lowest BCUT2D eigenvalue weighted by Crippen LogP contribution is -2.63. The van der Waals surface area contributed by atoms with Crippen LogP contribution in [-0.2, 0) is 28.7 Å². The molecule has 0 aliphatic rings. The number of halogens is 22. The highest BCUT2D eigenvalue weighted by molar-refractivity contribution is 5.95. The van der Waals surface area contributed by atoms with Gasteiger partial charge < -0.3 is 9.47 Å². The summed E-state index contributed by atoms with van der Waals surface area (Å²) in [6, 6.07) is 0. The van der Waals surface area contributed by atoms with Crippen LogP contribution in [-0.4, -0.2) is 96.5 Å². The maximum Gasteiger partial charge on any atom is 0.460 e. The second kappa shape index (κ2) is 13.4. The highest BCUT2D eigenvalue weighted by Gasteiger charge is 2.83. The molecular weight excluding hydrogens is 754 g/mol. The number of hydrogen-bond acceptors (Lipinski definition) is 6. The number of ether oxygens (including phenoxy) is 2. The minimum Gasteiger partial charge on any atom is -0.462 e. The molecule has 28 heteroatoms. The fourth-order valence-corrected chi connectivity index (χ4v) is 2.47. The summed E-state index contributed by atoms with van der Waals surface area (Å²) in [6.45, 7) is -4.27. The number of hydrogen-bond donors (Lipinski definition) is 0. The molecule has 0 N–H and O–H groups in total. The zero-order chi connectivity index (χ0) is 39.0. The number of esters is 2. The third-order valence-electron chi connectivity index (χ3n) is 5.24. The Morgan fingerprint density at radius 3 is 0.833 bits per heavy atom. The molecule has 0 amide bonds. The Labute approximate surface area is 247 Å². The molecule has 6 nitrogen and oxygen atoms in total. The lowest BCUT2D eigenvalue weighted by Gasteiger charge is -2.32. The summed E-state index contributed by atoms with van der Waals surface area (Å²) in [5.74, 6) is -70.7. The topological polar surface area (TPSA) is 86.7 Å². The number of carbonyl (C=O) groups is 4. The van der Waals surface area contributed by atoms with Crippen molar-refractivity contribution in [2.75, 3.05) is 13.2 Å². The largest absolute Gasteiger partial charge is 0.462 e. The molecule has 0 aliphatic carbocycles. The summed E-state index contributed by atoms with van der Waals surface area (Å²) in [5.41, 5.74) is 0. The molecule has 0 radical (unpaired) electrons. The van der Waals surface area contributed by atoms with E-state index < -0.39 is 109 Å². The van der Waals surface area contributed by atoms with Gasteiger partial charge in [0.1, 0.15) is 0 Å². The Kier molecular flexibility index (Phi) is 12.4. The van der Waals surface area contributed by atoms with Crippen molar-refractivity contribution in [3.63, 3.8) is 0 Å². The molecule has 0 aromatic heterocycles. The minimum atomic E-state index is -7.58. The van der Waals surface area contributed by atoms with E-state index in [2.05, 4.69) is 9.47 Å². The molecule has 0 fully saturated rings. The lowest BCUT2D eigenvalue weighted by atomic mass is 9.96. The number of ketones is 2. The Hall–Kier alpha value is -3.52. The monoisotopic (exact) mass is 764 g/mol. The average molecular weight is 764 g/mol. The predicted molar refractivity (Wildman–Crippen MR) is 102 cm³/mol. The Morgan fingerprint density at radius 2 is 0.625 bits per heavy atom. The van der Waals surface area contributed by atoms with E-state index in [-0.39, 0.29) is 12.2 Å². The molecule has 0 saturated carbocycles. The van der Waals surface area contributed by atoms with Crippen molar-refractivity contribution in [3.8, 4) is 0 Å². The van der Waals surface area contributed by atoms with Gasteiger partial charge in [-0.2, -0.15) is 96.6 Å². The van der Waals surface area contributed by atoms with Crippen LogP contribution in [0.1, 0.15) is 12.8 Å². The number of carbonyl (C=O) groups excluding carboxylic acids is 4. The molecule has 0 aromatic rings. The Balaban J connectivity index is 5.32. The first-order valence-corrected chi connectivity index (χ1v) is 11.1. The molecule has 48 heavy (non-hydrogen) atoms. The van der Waals surface area contributed by atoms with Gasteiger partial charge in [0, 0.05) is 12.2 Å². The van der Waals surface area contributed by atoms with Crippen LogP contribution in [0.3, 0.4) is 0 Å². The van der Waals surface area contributed by atoms with Crippen molar-refractivity contribution in [2.24, 2.45) is 0 Å². The van der Waals surface area contributed by atoms with E-state index in [1.165, 1.54) is 0 Å². The van der Waals surface area contributed by atoms with Crippen molar-refractivity contribution in [2.45, 2.75) is 72.6 Å². The predicted octanol–water partition coefficient (Wildman–Crippen LogP) is 6.75. The highest BCUT2D eigenvalue weighted by Crippen LogP contribution is 2.53. The van der Waals surface area contributed by atoms with Gasteiger partial charge in [0.25, 0.3) is 11.6 Å². The molecule has 0 aromatic carbocycles. The third-order valence-corrected chi connectivity index (χ3v) is 5.24. The van der Waals surface area contributed by atoms with Gasteiger partial charge in [-0.15, -0.1) is 0 Å². The molecule has 0 spiro atoms. The van der Waals surface area contributed by atoms with Gasteiger partial charge in [-0.25, -0.2) is 9.59 Å². The molecule has 0 rings (SSSR count). The minimum absolute atomic E-state index is 0.322. The van der Waals surface area contributed by atoms with E-state index >= 15 is 0 Å². The maximum absolute atomic E-state index is 13.6. The van der Waals surface area contributed by atoms with Crippen LogP contribution in [0.15, 0.2) is 12.2 Å². The quantitative estimate of drug-likeness (QED) is 0.0983. The van der Waals surface area contributed by atoms with Crippen LogP contribution in [0.4, 0.5) is 96.6 Å². The van der Waals surface area contributed by atoms with Gasteiger partial charge in [0.15, 0.2) is 0 Å². The fraction of sp³-hybridized carbons (Fsp3) is 0.700. The fourth-order valence-electron chi connectivity index (χ4n) is 2.47. The molecule has 0 atom stereocenters. The van der Waals surface area contributed by atoms with Crippen LogP contribution in [0.25, 0.3) is 0 Å². The van der Waals surface area contributed by atoms with E-state index in [1.54, 1.807) is 0 Å². The van der Waals surface area contributed by atoms with Crippen LogP contribution in [0.5, 0.6) is 0 Å². The molecule has 0 bridgehead atoms. The van der Waals surface area contributed by atoms with Crippen molar-refractivity contribution >= 4 is 23.5 Å². The van der Waals surface area contributed by atoms with Gasteiger partial charge >= 0.3 is 71.7 Å². The van der Waals surface area contributed by atoms with Crippen molar-refractivity contribution in [1.82, 2.24) is 0 Å². The second-order valence-corrected chi connectivity index (χ2v) is 8.68. The standard InChI is InChI=1S/C20H10F22O6/c21-11(22,13(25,26)9(45)15(29,30)17(33,34)19(37,38)39)3-5-47-7(43)1-2-8(44)48-6-4-12(23,24)14(27,28)10(46)16(31,32)18(35,36)20(40,41)42/h1-2H,3-6H2/b2-1-. The number of rotatable bonds is 16. The van der Waals surface area contributed by atoms with Gasteiger partial charge in [-0.05, 0) is 0 Å². The first-order chi connectivity index (χ1) is 20.8. The summed E-state index contributed by atoms with van der Waals surface area (Å²) in [4.78, 5) is 44.4. The summed E-state index contributed by atoms with van der Waals surface area (Å²) < 4.78 is 292. The average Bonchev–Trinajstić information content (AvgIpc) is 2.88. The zero-order valence-electron chi connectivity index (χ0n) is 21.7. The SMILES string of the molecule is O=C(/C=C\C(=O)OCCC(F)(F)C(F)(F)C(=O)C(F)(F)C(F)(F)C(F)(F)F)OCCC(F)(F)C(F)(F)C(=O)C(F)(F)C(F)(F)C(F)(F)F. The second-order valence-electron chi connectivity index (χ2n) is 8.68. The molecular formula is C20H10F22O6. The number of alkyl halides is 22. The Bertz CT molecular complexity index is 1150. The van der Waals surface area contributed by atoms with Gasteiger partial charge in [-0.3, -0.25) is 9.59 Å². The van der Waals surface area contributed by atoms with E-state index in [0.29, 0.717) is 0 Å². The van der Waals surface area contributed by atoms with Crippen LogP contribution < -0.4 is 0 Å².